The number of nitrogens with zero attached hydrogens (tertiary/aromatic N) is 3. The van der Waals surface area contributed by atoms with Gasteiger partial charge < -0.3 is 15.0 Å². The summed E-state index contributed by atoms with van der Waals surface area (Å²) >= 11 is 0. The molecule has 21 heavy (non-hydrogen) atoms. The van der Waals surface area contributed by atoms with Crippen molar-refractivity contribution in [2.45, 2.75) is 12.8 Å². The fourth-order valence-electron chi connectivity index (χ4n) is 3.82. The molecular weight excluding hydrogens is 268 g/mol. The number of carbonyl (C=O) groups is 1. The maximum Gasteiger partial charge on any atom is 0.257 e. The molecular formula is C15H24N4O2. The Labute approximate surface area is 125 Å². The molecule has 6 heteroatoms. The van der Waals surface area contributed by atoms with Gasteiger partial charge in [-0.2, -0.15) is 5.10 Å². The fraction of sp³-hybridized carbons (Fsp3) is 0.733. The molecule has 1 spiro atoms. The number of methoxy groups -OCH3 is 1. The number of likely N-dealkylation sites (tertiary alicyclic amines) is 1. The number of carbonyl (C=O) groups excluding carboxylic acids is 1. The first kappa shape index (κ1) is 14.5. The van der Waals surface area contributed by atoms with Gasteiger partial charge in [-0.25, -0.2) is 0 Å². The zero-order valence-electron chi connectivity index (χ0n) is 12.8. The standard InChI is InChI=1S/C15H24N4O2/c1-18-8-12(7-17-18)14(20)19-9-13(10-21-2)15(11-19)3-5-16-6-4-15/h7-8,13,16H,3-6,9-11H2,1-2H3. The van der Waals surface area contributed by atoms with E-state index in [1.807, 2.05) is 11.9 Å². The van der Waals surface area contributed by atoms with E-state index < -0.39 is 0 Å². The first-order chi connectivity index (χ1) is 10.1. The minimum Gasteiger partial charge on any atom is -0.384 e. The molecule has 1 aromatic heterocycles. The van der Waals surface area contributed by atoms with Crippen LogP contribution < -0.4 is 5.32 Å². The number of hydrogen-bond donors (Lipinski definition) is 1. The second-order valence-corrected chi connectivity index (χ2v) is 6.35. The molecule has 2 saturated heterocycles. The van der Waals surface area contributed by atoms with Gasteiger partial charge in [0, 0.05) is 39.4 Å². The van der Waals surface area contributed by atoms with Crippen LogP contribution in [-0.2, 0) is 11.8 Å². The molecule has 1 amide bonds. The third-order valence-electron chi connectivity index (χ3n) is 5.02. The third kappa shape index (κ3) is 2.70. The van der Waals surface area contributed by atoms with Crippen LogP contribution in [0.3, 0.4) is 0 Å². The van der Waals surface area contributed by atoms with Gasteiger partial charge in [-0.15, -0.1) is 0 Å². The molecule has 6 nitrogen and oxygen atoms in total. The zero-order valence-corrected chi connectivity index (χ0v) is 12.8. The molecule has 0 aliphatic carbocycles. The van der Waals surface area contributed by atoms with Crippen molar-refractivity contribution in [2.24, 2.45) is 18.4 Å². The van der Waals surface area contributed by atoms with Crippen LogP contribution in [0.4, 0.5) is 0 Å². The maximum absolute atomic E-state index is 12.7. The van der Waals surface area contributed by atoms with E-state index >= 15 is 0 Å². The molecule has 2 aliphatic rings. The quantitative estimate of drug-likeness (QED) is 0.882. The highest BCUT2D eigenvalue weighted by Gasteiger charge is 2.48. The summed E-state index contributed by atoms with van der Waals surface area (Å²) in [5, 5.41) is 7.52. The van der Waals surface area contributed by atoms with Crippen LogP contribution in [0.15, 0.2) is 12.4 Å². The molecule has 0 bridgehead atoms. The first-order valence-electron chi connectivity index (χ1n) is 7.62. The Balaban J connectivity index is 1.77. The van der Waals surface area contributed by atoms with Crippen LogP contribution in [0, 0.1) is 11.3 Å². The Morgan fingerprint density at radius 2 is 2.29 bits per heavy atom. The second-order valence-electron chi connectivity index (χ2n) is 6.35. The normalized spacial score (nSPS) is 24.7. The molecule has 1 unspecified atom stereocenters. The highest BCUT2D eigenvalue weighted by atomic mass is 16.5. The van der Waals surface area contributed by atoms with Crippen LogP contribution in [-0.4, -0.2) is 60.5 Å². The summed E-state index contributed by atoms with van der Waals surface area (Å²) in [5.74, 6) is 0.532. The van der Waals surface area contributed by atoms with Crippen LogP contribution >= 0.6 is 0 Å². The Bertz CT molecular complexity index is 508. The topological polar surface area (TPSA) is 59.4 Å². The van der Waals surface area contributed by atoms with E-state index in [2.05, 4.69) is 10.4 Å². The number of aromatic nitrogens is 2. The van der Waals surface area contributed by atoms with Crippen molar-refractivity contribution in [2.75, 3.05) is 39.9 Å². The van der Waals surface area contributed by atoms with Gasteiger partial charge in [0.15, 0.2) is 0 Å². The summed E-state index contributed by atoms with van der Waals surface area (Å²) in [6, 6.07) is 0. The minimum atomic E-state index is 0.0969. The maximum atomic E-state index is 12.7. The number of piperidine rings is 1. The van der Waals surface area contributed by atoms with Crippen molar-refractivity contribution < 1.29 is 9.53 Å². The fourth-order valence-corrected chi connectivity index (χ4v) is 3.82. The lowest BCUT2D eigenvalue weighted by Crippen LogP contribution is -2.43. The molecule has 0 aromatic carbocycles. The predicted octanol–water partition coefficient (Wildman–Crippen LogP) is 0.508. The van der Waals surface area contributed by atoms with E-state index in [9.17, 15) is 4.79 Å². The Morgan fingerprint density at radius 1 is 1.52 bits per heavy atom. The lowest BCUT2D eigenvalue weighted by atomic mass is 9.71. The molecule has 0 radical (unpaired) electrons. The van der Waals surface area contributed by atoms with Crippen molar-refractivity contribution in [3.63, 3.8) is 0 Å². The van der Waals surface area contributed by atoms with Gasteiger partial charge in [0.2, 0.25) is 0 Å². The Hall–Kier alpha value is -1.40. The van der Waals surface area contributed by atoms with Crippen molar-refractivity contribution >= 4 is 5.91 Å². The van der Waals surface area contributed by atoms with Gasteiger partial charge in [0.05, 0.1) is 18.4 Å². The van der Waals surface area contributed by atoms with Gasteiger partial charge in [-0.05, 0) is 31.3 Å². The monoisotopic (exact) mass is 292 g/mol. The van der Waals surface area contributed by atoms with Crippen LogP contribution in [0.25, 0.3) is 0 Å². The van der Waals surface area contributed by atoms with Gasteiger partial charge in [0.25, 0.3) is 5.91 Å². The number of nitrogens with one attached hydrogen (secondary N) is 1. The molecule has 2 fully saturated rings. The number of ether oxygens (including phenoxy) is 1. The summed E-state index contributed by atoms with van der Waals surface area (Å²) in [6.45, 7) is 4.44. The molecule has 3 heterocycles. The Kier molecular flexibility index (Phi) is 3.99. The molecule has 2 aliphatic heterocycles. The summed E-state index contributed by atoms with van der Waals surface area (Å²) in [7, 11) is 3.59. The molecule has 1 aromatic rings. The molecule has 3 rings (SSSR count). The number of rotatable bonds is 3. The summed E-state index contributed by atoms with van der Waals surface area (Å²) in [5.41, 5.74) is 0.902. The van der Waals surface area contributed by atoms with E-state index in [1.54, 1.807) is 24.2 Å². The van der Waals surface area contributed by atoms with Crippen molar-refractivity contribution in [3.8, 4) is 0 Å². The van der Waals surface area contributed by atoms with Gasteiger partial charge in [0.1, 0.15) is 0 Å². The molecule has 1 atom stereocenters. The second kappa shape index (κ2) is 5.77. The number of amides is 1. The zero-order chi connectivity index (χ0) is 14.9. The summed E-state index contributed by atoms with van der Waals surface area (Å²) in [4.78, 5) is 14.6. The number of aryl methyl sites for hydroxylation is 1. The van der Waals surface area contributed by atoms with E-state index in [1.165, 1.54) is 0 Å². The Morgan fingerprint density at radius 3 is 2.90 bits per heavy atom. The smallest absolute Gasteiger partial charge is 0.257 e. The third-order valence-corrected chi connectivity index (χ3v) is 5.02. The van der Waals surface area contributed by atoms with Crippen LogP contribution in [0.5, 0.6) is 0 Å². The van der Waals surface area contributed by atoms with E-state index in [0.717, 1.165) is 45.6 Å². The average Bonchev–Trinajstić information content (AvgIpc) is 3.05. The highest BCUT2D eigenvalue weighted by molar-refractivity contribution is 5.94. The number of hydrogen-bond acceptors (Lipinski definition) is 4. The SMILES string of the molecule is COCC1CN(C(=O)c2cnn(C)c2)CC12CCNCC2. The van der Waals surface area contributed by atoms with Gasteiger partial charge in [-0.1, -0.05) is 0 Å². The molecule has 0 saturated carbocycles. The average molecular weight is 292 g/mol. The van der Waals surface area contributed by atoms with Crippen molar-refractivity contribution in [1.82, 2.24) is 20.0 Å². The van der Waals surface area contributed by atoms with Crippen LogP contribution in [0.2, 0.25) is 0 Å². The highest BCUT2D eigenvalue weighted by Crippen LogP contribution is 2.43. The predicted molar refractivity (Wildman–Crippen MR) is 79.0 cm³/mol. The molecule has 116 valence electrons. The van der Waals surface area contributed by atoms with E-state index in [4.69, 9.17) is 4.74 Å². The lowest BCUT2D eigenvalue weighted by Gasteiger charge is -2.38. The van der Waals surface area contributed by atoms with E-state index in [-0.39, 0.29) is 11.3 Å². The van der Waals surface area contributed by atoms with Gasteiger partial charge >= 0.3 is 0 Å². The molecule has 1 N–H and O–H groups in total. The van der Waals surface area contributed by atoms with E-state index in [0.29, 0.717) is 11.5 Å². The summed E-state index contributed by atoms with van der Waals surface area (Å²) < 4.78 is 7.09. The van der Waals surface area contributed by atoms with Crippen molar-refractivity contribution in [3.05, 3.63) is 18.0 Å². The lowest BCUT2D eigenvalue weighted by molar-refractivity contribution is 0.0701. The minimum absolute atomic E-state index is 0.0969. The van der Waals surface area contributed by atoms with Crippen molar-refractivity contribution in [1.29, 1.82) is 0 Å². The van der Waals surface area contributed by atoms with Gasteiger partial charge in [-0.3, -0.25) is 9.48 Å². The largest absolute Gasteiger partial charge is 0.384 e. The van der Waals surface area contributed by atoms with Crippen LogP contribution in [0.1, 0.15) is 23.2 Å². The first-order valence-corrected chi connectivity index (χ1v) is 7.62. The summed E-state index contributed by atoms with van der Waals surface area (Å²) in [6.07, 6.45) is 5.69.